The highest BCUT2D eigenvalue weighted by molar-refractivity contribution is 6.22. The van der Waals surface area contributed by atoms with Crippen molar-refractivity contribution < 1.29 is 19.1 Å². The molecule has 0 aromatic heterocycles. The van der Waals surface area contributed by atoms with Gasteiger partial charge in [-0.2, -0.15) is 0 Å². The fraction of sp³-hybridized carbons (Fsp3) is 0.600. The Kier molecular flexibility index (Phi) is 4.23. The zero-order valence-electron chi connectivity index (χ0n) is 11.7. The Hall–Kier alpha value is -1.29. The van der Waals surface area contributed by atoms with Crippen molar-refractivity contribution in [3.63, 3.8) is 0 Å². The molecule has 0 spiro atoms. The van der Waals surface area contributed by atoms with Crippen LogP contribution in [0.15, 0.2) is 24.8 Å². The van der Waals surface area contributed by atoms with E-state index in [1.54, 1.807) is 6.08 Å². The van der Waals surface area contributed by atoms with Gasteiger partial charge in [-0.15, -0.1) is 18.2 Å². The van der Waals surface area contributed by atoms with Crippen LogP contribution in [0.5, 0.6) is 0 Å². The number of ether oxygens (including phenoxy) is 2. The first kappa shape index (κ1) is 15.1. The van der Waals surface area contributed by atoms with Crippen LogP contribution in [0, 0.1) is 23.2 Å². The van der Waals surface area contributed by atoms with E-state index in [-0.39, 0.29) is 23.1 Å². The molecule has 4 nitrogen and oxygen atoms in total. The molecular formula is C15H19ClO4. The first-order valence-electron chi connectivity index (χ1n) is 6.63. The molecule has 2 rings (SSSR count). The molecule has 0 N–H and O–H groups in total. The molecular weight excluding hydrogens is 280 g/mol. The van der Waals surface area contributed by atoms with E-state index in [1.165, 1.54) is 14.2 Å². The molecule has 0 heterocycles. The normalized spacial score (nSPS) is 34.1. The third-order valence-electron chi connectivity index (χ3n) is 4.57. The van der Waals surface area contributed by atoms with Crippen LogP contribution in [0.2, 0.25) is 0 Å². The Labute approximate surface area is 123 Å². The minimum absolute atomic E-state index is 0.0404. The molecule has 0 radical (unpaired) electrons. The van der Waals surface area contributed by atoms with Crippen molar-refractivity contribution in [2.24, 2.45) is 23.2 Å². The number of hydrogen-bond acceptors (Lipinski definition) is 4. The van der Waals surface area contributed by atoms with E-state index in [2.05, 4.69) is 6.58 Å². The molecule has 0 saturated heterocycles. The zero-order valence-corrected chi connectivity index (χ0v) is 12.4. The molecule has 4 atom stereocenters. The molecule has 110 valence electrons. The highest BCUT2D eigenvalue weighted by atomic mass is 35.5. The fourth-order valence-electron chi connectivity index (χ4n) is 3.65. The summed E-state index contributed by atoms with van der Waals surface area (Å²) >= 11 is 6.18. The van der Waals surface area contributed by atoms with Gasteiger partial charge in [0.2, 0.25) is 0 Å². The smallest absolute Gasteiger partial charge is 0.323 e. The van der Waals surface area contributed by atoms with Gasteiger partial charge in [0.25, 0.3) is 0 Å². The van der Waals surface area contributed by atoms with E-state index in [1.807, 2.05) is 12.2 Å². The minimum Gasteiger partial charge on any atom is -0.468 e. The van der Waals surface area contributed by atoms with Gasteiger partial charge in [-0.25, -0.2) is 0 Å². The number of methoxy groups -OCH3 is 2. The third-order valence-corrected chi connectivity index (χ3v) is 4.90. The largest absolute Gasteiger partial charge is 0.468 e. The predicted octanol–water partition coefficient (Wildman–Crippen LogP) is 2.32. The monoisotopic (exact) mass is 298 g/mol. The maximum absolute atomic E-state index is 12.3. The van der Waals surface area contributed by atoms with Crippen LogP contribution < -0.4 is 0 Å². The van der Waals surface area contributed by atoms with Crippen LogP contribution in [0.1, 0.15) is 12.8 Å². The number of esters is 2. The van der Waals surface area contributed by atoms with Crippen LogP contribution in [0.4, 0.5) is 0 Å². The summed E-state index contributed by atoms with van der Waals surface area (Å²) in [7, 11) is 2.58. The number of fused-ring (bicyclic) bond motifs is 1. The molecule has 0 aromatic carbocycles. The van der Waals surface area contributed by atoms with Crippen molar-refractivity contribution in [1.82, 2.24) is 0 Å². The summed E-state index contributed by atoms with van der Waals surface area (Å²) in [6.45, 7) is 3.82. The number of carbonyl (C=O) groups is 2. The number of halogens is 1. The Balaban J connectivity index is 2.51. The van der Waals surface area contributed by atoms with Crippen molar-refractivity contribution in [3.8, 4) is 0 Å². The lowest BCUT2D eigenvalue weighted by Crippen LogP contribution is -2.46. The summed E-state index contributed by atoms with van der Waals surface area (Å²) in [4.78, 5) is 24.7. The first-order chi connectivity index (χ1) is 9.51. The van der Waals surface area contributed by atoms with E-state index in [9.17, 15) is 9.59 Å². The minimum atomic E-state index is -1.27. The van der Waals surface area contributed by atoms with E-state index < -0.39 is 17.4 Å². The van der Waals surface area contributed by atoms with E-state index in [0.717, 1.165) is 0 Å². The molecule has 5 heteroatoms. The summed E-state index contributed by atoms with van der Waals surface area (Å²) in [6, 6.07) is 0. The lowest BCUT2D eigenvalue weighted by atomic mass is 9.71. The highest BCUT2D eigenvalue weighted by Crippen LogP contribution is 2.56. The van der Waals surface area contributed by atoms with E-state index in [0.29, 0.717) is 12.8 Å². The number of allylic oxidation sites excluding steroid dienone is 3. The number of carbonyl (C=O) groups excluding carboxylic acids is 2. The lowest BCUT2D eigenvalue weighted by molar-refractivity contribution is -0.173. The highest BCUT2D eigenvalue weighted by Gasteiger charge is 2.63. The molecule has 1 saturated carbocycles. The Morgan fingerprint density at radius 3 is 2.40 bits per heavy atom. The van der Waals surface area contributed by atoms with Crippen LogP contribution in [0.25, 0.3) is 0 Å². The maximum Gasteiger partial charge on any atom is 0.323 e. The number of rotatable bonds is 3. The second kappa shape index (κ2) is 5.60. The molecule has 0 aromatic rings. The van der Waals surface area contributed by atoms with Crippen molar-refractivity contribution in [2.45, 2.75) is 18.2 Å². The van der Waals surface area contributed by atoms with Crippen molar-refractivity contribution in [3.05, 3.63) is 24.8 Å². The van der Waals surface area contributed by atoms with Gasteiger partial charge in [-0.05, 0) is 30.6 Å². The average Bonchev–Trinajstić information content (AvgIpc) is 2.80. The van der Waals surface area contributed by atoms with Gasteiger partial charge in [0.15, 0.2) is 5.41 Å². The van der Waals surface area contributed by atoms with E-state index >= 15 is 0 Å². The Morgan fingerprint density at radius 1 is 1.30 bits per heavy atom. The summed E-state index contributed by atoms with van der Waals surface area (Å²) < 4.78 is 9.79. The summed E-state index contributed by atoms with van der Waals surface area (Å²) in [6.07, 6.45) is 6.62. The molecule has 0 aliphatic heterocycles. The van der Waals surface area contributed by atoms with Gasteiger partial charge in [-0.1, -0.05) is 18.2 Å². The van der Waals surface area contributed by atoms with Gasteiger partial charge in [0.05, 0.1) is 19.6 Å². The van der Waals surface area contributed by atoms with Gasteiger partial charge in [0.1, 0.15) is 0 Å². The quantitative estimate of drug-likeness (QED) is 0.347. The summed E-state index contributed by atoms with van der Waals surface area (Å²) in [5.74, 6) is -1.18. The van der Waals surface area contributed by atoms with Gasteiger partial charge < -0.3 is 9.47 Å². The third kappa shape index (κ3) is 2.06. The SMILES string of the molecule is C=C[C@H]1CC(C(=O)OC)(C(=O)OC)[C@H]2C[C@@H](Cl)C=C[C@@H]12. The maximum atomic E-state index is 12.3. The molecule has 20 heavy (non-hydrogen) atoms. The number of hydrogen-bond donors (Lipinski definition) is 0. The van der Waals surface area contributed by atoms with Crippen molar-refractivity contribution in [1.29, 1.82) is 0 Å². The molecule has 2 aliphatic carbocycles. The van der Waals surface area contributed by atoms with Gasteiger partial charge in [-0.3, -0.25) is 9.59 Å². The molecule has 0 bridgehead atoms. The fourth-order valence-corrected chi connectivity index (χ4v) is 3.92. The first-order valence-corrected chi connectivity index (χ1v) is 7.06. The van der Waals surface area contributed by atoms with Crippen molar-refractivity contribution in [2.75, 3.05) is 14.2 Å². The van der Waals surface area contributed by atoms with Gasteiger partial charge in [0, 0.05) is 0 Å². The topological polar surface area (TPSA) is 52.6 Å². The molecule has 1 fully saturated rings. The Morgan fingerprint density at radius 2 is 1.90 bits per heavy atom. The second-order valence-electron chi connectivity index (χ2n) is 5.38. The summed E-state index contributed by atoms with van der Waals surface area (Å²) in [5, 5.41) is -0.187. The van der Waals surface area contributed by atoms with Crippen LogP contribution >= 0.6 is 11.6 Å². The van der Waals surface area contributed by atoms with Crippen LogP contribution in [-0.4, -0.2) is 31.5 Å². The predicted molar refractivity (Wildman–Crippen MR) is 75.1 cm³/mol. The number of alkyl halides is 1. The van der Waals surface area contributed by atoms with Crippen molar-refractivity contribution >= 4 is 23.5 Å². The van der Waals surface area contributed by atoms with Crippen LogP contribution in [-0.2, 0) is 19.1 Å². The molecule has 0 unspecified atom stereocenters. The standard InChI is InChI=1S/C15H19ClO4/c1-4-9-8-15(13(17)19-2,14(18)20-3)12-7-10(16)5-6-11(9)12/h4-6,9-12H,1,7-8H2,2-3H3/t9-,10-,11-,12-/m0/s1. The zero-order chi connectivity index (χ0) is 14.9. The Bertz CT molecular complexity index is 441. The molecule has 0 amide bonds. The molecule has 2 aliphatic rings. The van der Waals surface area contributed by atoms with Crippen LogP contribution in [0.3, 0.4) is 0 Å². The lowest BCUT2D eigenvalue weighted by Gasteiger charge is -2.34. The van der Waals surface area contributed by atoms with Gasteiger partial charge >= 0.3 is 11.9 Å². The second-order valence-corrected chi connectivity index (χ2v) is 5.94. The summed E-state index contributed by atoms with van der Waals surface area (Å²) in [5.41, 5.74) is -1.27. The van der Waals surface area contributed by atoms with E-state index in [4.69, 9.17) is 21.1 Å². The average molecular weight is 299 g/mol.